The van der Waals surface area contributed by atoms with Crippen molar-refractivity contribution in [3.63, 3.8) is 0 Å². The molecule has 0 unspecified atom stereocenters. The van der Waals surface area contributed by atoms with Crippen LogP contribution in [0.25, 0.3) is 0 Å². The van der Waals surface area contributed by atoms with Gasteiger partial charge in [-0.05, 0) is 14.0 Å². The predicted octanol–water partition coefficient (Wildman–Crippen LogP) is 0.854. The molecule has 0 aliphatic heterocycles. The van der Waals surface area contributed by atoms with Crippen molar-refractivity contribution in [1.29, 1.82) is 5.41 Å². The molecule has 0 spiro atoms. The molecule has 0 heterocycles. The van der Waals surface area contributed by atoms with Crippen molar-refractivity contribution in [2.24, 2.45) is 11.5 Å². The number of nitrogen functional groups attached to an aromatic ring is 1. The Hall–Kier alpha value is -1.35. The monoisotopic (exact) mass is 165 g/mol. The summed E-state index contributed by atoms with van der Waals surface area (Å²) in [6.07, 6.45) is 0. The molecule has 0 bridgehead atoms. The molecular formula is C9H15N3. The molecule has 1 rings (SSSR count). The van der Waals surface area contributed by atoms with Crippen molar-refractivity contribution >= 4 is 5.84 Å². The number of benzene rings is 1. The first-order valence-electron chi connectivity index (χ1n) is 3.69. The summed E-state index contributed by atoms with van der Waals surface area (Å²) in [7, 11) is 1.50. The fourth-order valence-corrected chi connectivity index (χ4v) is 0.733. The third kappa shape index (κ3) is 3.16. The molecule has 1 aromatic carbocycles. The molecule has 0 aliphatic rings. The Morgan fingerprint density at radius 1 is 1.17 bits per heavy atom. The SMILES string of the molecule is CN.Cc1ccc(C(=N)N)cc1. The van der Waals surface area contributed by atoms with E-state index in [0.29, 0.717) is 0 Å². The van der Waals surface area contributed by atoms with Crippen LogP contribution in [0, 0.1) is 12.3 Å². The highest BCUT2D eigenvalue weighted by Gasteiger charge is 1.92. The topological polar surface area (TPSA) is 75.9 Å². The summed E-state index contributed by atoms with van der Waals surface area (Å²) in [5.41, 5.74) is 11.7. The normalized spacial score (nSPS) is 8.25. The first kappa shape index (κ1) is 10.7. The molecule has 0 saturated carbocycles. The second kappa shape index (κ2) is 5.32. The fourth-order valence-electron chi connectivity index (χ4n) is 0.733. The van der Waals surface area contributed by atoms with Gasteiger partial charge in [0.25, 0.3) is 0 Å². The lowest BCUT2D eigenvalue weighted by Gasteiger charge is -1.96. The zero-order valence-electron chi connectivity index (χ0n) is 7.46. The molecule has 0 aliphatic carbocycles. The fraction of sp³-hybridized carbons (Fsp3) is 0.222. The summed E-state index contributed by atoms with van der Waals surface area (Å²) in [5, 5.41) is 7.08. The van der Waals surface area contributed by atoms with Gasteiger partial charge >= 0.3 is 0 Å². The Labute approximate surface area is 72.9 Å². The third-order valence-corrected chi connectivity index (χ3v) is 1.36. The van der Waals surface area contributed by atoms with Gasteiger partial charge in [0.15, 0.2) is 0 Å². The lowest BCUT2D eigenvalue weighted by molar-refractivity contribution is 1.40. The Balaban J connectivity index is 0.000000561. The van der Waals surface area contributed by atoms with E-state index < -0.39 is 0 Å². The van der Waals surface area contributed by atoms with E-state index >= 15 is 0 Å². The molecule has 0 fully saturated rings. The Kier molecular flexibility index (Phi) is 4.72. The first-order chi connectivity index (χ1) is 5.70. The second-order valence-electron chi connectivity index (χ2n) is 2.28. The number of hydrogen-bond donors (Lipinski definition) is 3. The van der Waals surface area contributed by atoms with Crippen LogP contribution in [0.4, 0.5) is 0 Å². The molecule has 0 amide bonds. The summed E-state index contributed by atoms with van der Waals surface area (Å²) in [4.78, 5) is 0. The van der Waals surface area contributed by atoms with Gasteiger partial charge in [-0.15, -0.1) is 0 Å². The highest BCUT2D eigenvalue weighted by atomic mass is 14.7. The summed E-state index contributed by atoms with van der Waals surface area (Å²) >= 11 is 0. The van der Waals surface area contributed by atoms with Crippen LogP contribution in [0.15, 0.2) is 24.3 Å². The van der Waals surface area contributed by atoms with E-state index in [1.54, 1.807) is 0 Å². The van der Waals surface area contributed by atoms with Gasteiger partial charge in [-0.2, -0.15) is 0 Å². The Bertz CT molecular complexity index is 238. The minimum atomic E-state index is 0.125. The Morgan fingerprint density at radius 3 is 1.92 bits per heavy atom. The maximum atomic E-state index is 7.08. The zero-order valence-corrected chi connectivity index (χ0v) is 7.46. The molecule has 66 valence electrons. The number of nitrogens with one attached hydrogen (secondary N) is 1. The van der Waals surface area contributed by atoms with E-state index in [1.807, 2.05) is 31.2 Å². The molecule has 0 radical (unpaired) electrons. The highest BCUT2D eigenvalue weighted by molar-refractivity contribution is 5.94. The van der Waals surface area contributed by atoms with Crippen molar-refractivity contribution in [3.8, 4) is 0 Å². The minimum Gasteiger partial charge on any atom is -0.384 e. The van der Waals surface area contributed by atoms with Gasteiger partial charge < -0.3 is 11.5 Å². The van der Waals surface area contributed by atoms with Crippen molar-refractivity contribution in [2.75, 3.05) is 7.05 Å². The quantitative estimate of drug-likeness (QED) is 0.426. The van der Waals surface area contributed by atoms with Crippen LogP contribution in [0.3, 0.4) is 0 Å². The lowest BCUT2D eigenvalue weighted by Crippen LogP contribution is -2.10. The van der Waals surface area contributed by atoms with Gasteiger partial charge in [0.1, 0.15) is 5.84 Å². The van der Waals surface area contributed by atoms with Crippen molar-refractivity contribution in [1.82, 2.24) is 0 Å². The van der Waals surface area contributed by atoms with Crippen LogP contribution >= 0.6 is 0 Å². The van der Waals surface area contributed by atoms with E-state index in [9.17, 15) is 0 Å². The van der Waals surface area contributed by atoms with Crippen LogP contribution in [-0.4, -0.2) is 12.9 Å². The number of nitrogens with two attached hydrogens (primary N) is 2. The summed E-state index contributed by atoms with van der Waals surface area (Å²) in [6.45, 7) is 2.00. The average molecular weight is 165 g/mol. The zero-order chi connectivity index (χ0) is 9.56. The van der Waals surface area contributed by atoms with Gasteiger partial charge in [-0.25, -0.2) is 0 Å². The van der Waals surface area contributed by atoms with Gasteiger partial charge in [-0.3, -0.25) is 5.41 Å². The molecule has 3 heteroatoms. The number of amidine groups is 1. The molecule has 3 nitrogen and oxygen atoms in total. The van der Waals surface area contributed by atoms with Crippen LogP contribution in [0.5, 0.6) is 0 Å². The first-order valence-corrected chi connectivity index (χ1v) is 3.69. The third-order valence-electron chi connectivity index (χ3n) is 1.36. The highest BCUT2D eigenvalue weighted by Crippen LogP contribution is 2.00. The molecule has 0 aromatic heterocycles. The van der Waals surface area contributed by atoms with E-state index in [4.69, 9.17) is 11.1 Å². The Morgan fingerprint density at radius 2 is 1.58 bits per heavy atom. The van der Waals surface area contributed by atoms with Crippen LogP contribution in [-0.2, 0) is 0 Å². The van der Waals surface area contributed by atoms with Gasteiger partial charge in [0.05, 0.1) is 0 Å². The van der Waals surface area contributed by atoms with E-state index in [2.05, 4.69) is 5.73 Å². The van der Waals surface area contributed by atoms with Gasteiger partial charge in [0, 0.05) is 5.56 Å². The average Bonchev–Trinajstić information content (AvgIpc) is 2.09. The molecule has 0 atom stereocenters. The van der Waals surface area contributed by atoms with Crippen molar-refractivity contribution < 1.29 is 0 Å². The number of hydrogen-bond acceptors (Lipinski definition) is 2. The van der Waals surface area contributed by atoms with Gasteiger partial charge in [-0.1, -0.05) is 29.8 Å². The summed E-state index contributed by atoms with van der Waals surface area (Å²) in [6, 6.07) is 7.57. The summed E-state index contributed by atoms with van der Waals surface area (Å²) in [5.74, 6) is 0.125. The molecule has 0 saturated heterocycles. The number of aryl methyl sites for hydroxylation is 1. The second-order valence-corrected chi connectivity index (χ2v) is 2.28. The van der Waals surface area contributed by atoms with Crippen molar-refractivity contribution in [3.05, 3.63) is 35.4 Å². The largest absolute Gasteiger partial charge is 0.384 e. The smallest absolute Gasteiger partial charge is 0.122 e. The lowest BCUT2D eigenvalue weighted by atomic mass is 10.1. The molecule has 5 N–H and O–H groups in total. The molecule has 12 heavy (non-hydrogen) atoms. The van der Waals surface area contributed by atoms with E-state index in [1.165, 1.54) is 12.6 Å². The predicted molar refractivity (Wildman–Crippen MR) is 52.3 cm³/mol. The van der Waals surface area contributed by atoms with Gasteiger partial charge in [0.2, 0.25) is 0 Å². The molecular weight excluding hydrogens is 150 g/mol. The number of rotatable bonds is 1. The maximum absolute atomic E-state index is 7.08. The summed E-state index contributed by atoms with van der Waals surface area (Å²) < 4.78 is 0. The van der Waals surface area contributed by atoms with E-state index in [0.717, 1.165) is 5.56 Å². The van der Waals surface area contributed by atoms with Crippen LogP contribution in [0.2, 0.25) is 0 Å². The maximum Gasteiger partial charge on any atom is 0.122 e. The van der Waals surface area contributed by atoms with Crippen LogP contribution in [0.1, 0.15) is 11.1 Å². The standard InChI is InChI=1S/C8H10N2.CH5N/c1-6-2-4-7(5-3-6)8(9)10;1-2/h2-5H,1H3,(H3,9,10);2H2,1H3. The molecule has 1 aromatic rings. The van der Waals surface area contributed by atoms with E-state index in [-0.39, 0.29) is 5.84 Å². The van der Waals surface area contributed by atoms with Crippen molar-refractivity contribution in [2.45, 2.75) is 6.92 Å². The van der Waals surface area contributed by atoms with Crippen LogP contribution < -0.4 is 11.5 Å². The minimum absolute atomic E-state index is 0.125.